The fraction of sp³-hybridized carbons (Fsp3) is 0.381. The van der Waals surface area contributed by atoms with Crippen molar-refractivity contribution in [2.75, 3.05) is 6.61 Å². The lowest BCUT2D eigenvalue weighted by Gasteiger charge is -2.09. The van der Waals surface area contributed by atoms with Gasteiger partial charge in [0.1, 0.15) is 11.3 Å². The third-order valence-electron chi connectivity index (χ3n) is 4.84. The molecule has 0 atom stereocenters. The highest BCUT2D eigenvalue weighted by atomic mass is 32.1. The summed E-state index contributed by atoms with van der Waals surface area (Å²) < 4.78 is 12.4. The molecule has 3 rings (SSSR count). The van der Waals surface area contributed by atoms with Crippen molar-refractivity contribution in [3.05, 3.63) is 62.4 Å². The van der Waals surface area contributed by atoms with Gasteiger partial charge in [-0.3, -0.25) is 4.79 Å². The number of ether oxygens (including phenoxy) is 1. The number of nitrogens with zero attached hydrogens (tertiary/aromatic N) is 2. The number of carbonyl (C=O) groups excluding carboxylic acids is 2. The molecule has 0 aliphatic carbocycles. The van der Waals surface area contributed by atoms with E-state index in [2.05, 4.69) is 21.2 Å². The second-order valence-corrected chi connectivity index (χ2v) is 7.71. The molecule has 0 radical (unpaired) electrons. The van der Waals surface area contributed by atoms with Crippen LogP contribution in [0.2, 0.25) is 0 Å². The third kappa shape index (κ3) is 4.09. The van der Waals surface area contributed by atoms with Gasteiger partial charge in [-0.1, -0.05) is 18.1 Å². The Labute approximate surface area is 168 Å². The van der Waals surface area contributed by atoms with Gasteiger partial charge in [0.15, 0.2) is 6.61 Å². The van der Waals surface area contributed by atoms with E-state index in [-0.39, 0.29) is 12.4 Å². The Hall–Kier alpha value is -2.67. The van der Waals surface area contributed by atoms with E-state index in [1.165, 1.54) is 4.88 Å². The molecule has 3 aromatic heterocycles. The minimum atomic E-state index is -0.574. The predicted molar refractivity (Wildman–Crippen MR) is 107 cm³/mol. The maximum Gasteiger partial charge on any atom is 0.344 e. The van der Waals surface area contributed by atoms with Crippen molar-refractivity contribution in [3.63, 3.8) is 0 Å². The Balaban J connectivity index is 1.66. The van der Waals surface area contributed by atoms with Crippen LogP contribution in [0.4, 0.5) is 0 Å². The first-order valence-corrected chi connectivity index (χ1v) is 10.1. The number of aromatic nitrogens is 2. The Kier molecular flexibility index (Phi) is 6.14. The van der Waals surface area contributed by atoms with Gasteiger partial charge in [0, 0.05) is 28.4 Å². The highest BCUT2D eigenvalue weighted by molar-refractivity contribution is 7.09. The molecular weight excluding hydrogens is 376 g/mol. The average molecular weight is 401 g/mol. The highest BCUT2D eigenvalue weighted by Gasteiger charge is 2.23. The van der Waals surface area contributed by atoms with E-state index in [1.54, 1.807) is 18.3 Å². The molecule has 28 heavy (non-hydrogen) atoms. The van der Waals surface area contributed by atoms with Crippen LogP contribution < -0.4 is 0 Å². The van der Waals surface area contributed by atoms with Gasteiger partial charge < -0.3 is 13.8 Å². The number of hydrogen-bond donors (Lipinski definition) is 0. The van der Waals surface area contributed by atoms with Crippen molar-refractivity contribution in [2.24, 2.45) is 0 Å². The number of aryl methyl sites for hydroxylation is 4. The van der Waals surface area contributed by atoms with Gasteiger partial charge in [0.25, 0.3) is 0 Å². The summed E-state index contributed by atoms with van der Waals surface area (Å²) >= 11 is 1.73. The highest BCUT2D eigenvalue weighted by Crippen LogP contribution is 2.19. The van der Waals surface area contributed by atoms with Crippen molar-refractivity contribution in [3.8, 4) is 0 Å². The first kappa shape index (κ1) is 20.1. The maximum absolute atomic E-state index is 12.6. The SMILES string of the molecule is CCc1noc(C)c1C(=O)OCC(=O)c1cc(C)n(CCc2cccs2)c1C. The second kappa shape index (κ2) is 8.56. The van der Waals surface area contributed by atoms with E-state index in [0.717, 1.165) is 24.4 Å². The zero-order chi connectivity index (χ0) is 20.3. The lowest BCUT2D eigenvalue weighted by molar-refractivity contribution is 0.0472. The van der Waals surface area contributed by atoms with Crippen LogP contribution in [0.3, 0.4) is 0 Å². The Morgan fingerprint density at radius 2 is 2.07 bits per heavy atom. The van der Waals surface area contributed by atoms with Crippen LogP contribution in [0.1, 0.15) is 55.4 Å². The number of carbonyl (C=O) groups is 2. The van der Waals surface area contributed by atoms with Gasteiger partial charge in [-0.2, -0.15) is 0 Å². The number of ketones is 1. The molecule has 0 unspecified atom stereocenters. The molecule has 7 heteroatoms. The Morgan fingerprint density at radius 1 is 1.29 bits per heavy atom. The summed E-state index contributed by atoms with van der Waals surface area (Å²) in [6.07, 6.45) is 1.48. The summed E-state index contributed by atoms with van der Waals surface area (Å²) in [6.45, 7) is 7.96. The minimum absolute atomic E-state index is 0.212. The van der Waals surface area contributed by atoms with Gasteiger partial charge in [-0.05, 0) is 51.1 Å². The number of thiophene rings is 1. The first-order valence-electron chi connectivity index (χ1n) is 9.27. The van der Waals surface area contributed by atoms with E-state index in [4.69, 9.17) is 9.26 Å². The molecule has 3 heterocycles. The fourth-order valence-electron chi connectivity index (χ4n) is 3.31. The van der Waals surface area contributed by atoms with Crippen molar-refractivity contribution < 1.29 is 18.8 Å². The molecule has 0 amide bonds. The summed E-state index contributed by atoms with van der Waals surface area (Å²) in [6, 6.07) is 6.02. The van der Waals surface area contributed by atoms with E-state index in [0.29, 0.717) is 29.0 Å². The quantitative estimate of drug-likeness (QED) is 0.416. The molecule has 0 N–H and O–H groups in total. The molecule has 148 valence electrons. The fourth-order valence-corrected chi connectivity index (χ4v) is 4.00. The van der Waals surface area contributed by atoms with Gasteiger partial charge in [-0.15, -0.1) is 11.3 Å². The molecule has 0 saturated heterocycles. The molecule has 3 aromatic rings. The van der Waals surface area contributed by atoms with E-state index >= 15 is 0 Å². The molecule has 0 aliphatic heterocycles. The van der Waals surface area contributed by atoms with Crippen LogP contribution >= 0.6 is 11.3 Å². The summed E-state index contributed by atoms with van der Waals surface area (Å²) in [5.41, 5.74) is 3.37. The average Bonchev–Trinajstić information content (AvgIpc) is 3.38. The number of rotatable bonds is 8. The predicted octanol–water partition coefficient (Wildman–Crippen LogP) is 4.31. The number of hydrogen-bond acceptors (Lipinski definition) is 6. The number of Topliss-reactive ketones (excluding diaryl/α,β-unsaturated/α-hetero) is 1. The van der Waals surface area contributed by atoms with E-state index in [9.17, 15) is 9.59 Å². The molecular formula is C21H24N2O4S. The van der Waals surface area contributed by atoms with Crippen LogP contribution in [-0.4, -0.2) is 28.1 Å². The monoisotopic (exact) mass is 400 g/mol. The summed E-state index contributed by atoms with van der Waals surface area (Å²) in [5.74, 6) is -0.382. The van der Waals surface area contributed by atoms with Crippen molar-refractivity contribution >= 4 is 23.1 Å². The summed E-state index contributed by atoms with van der Waals surface area (Å²) in [7, 11) is 0. The zero-order valence-electron chi connectivity index (χ0n) is 16.6. The van der Waals surface area contributed by atoms with Crippen LogP contribution in [0.15, 0.2) is 28.1 Å². The lowest BCUT2D eigenvalue weighted by Crippen LogP contribution is -2.16. The van der Waals surface area contributed by atoms with Crippen LogP contribution in [-0.2, 0) is 24.1 Å². The van der Waals surface area contributed by atoms with Crippen molar-refractivity contribution in [1.29, 1.82) is 0 Å². The molecule has 0 aromatic carbocycles. The first-order chi connectivity index (χ1) is 13.4. The van der Waals surface area contributed by atoms with Crippen molar-refractivity contribution in [2.45, 2.75) is 47.1 Å². The molecule has 0 fully saturated rings. The summed E-state index contributed by atoms with van der Waals surface area (Å²) in [4.78, 5) is 26.3. The Bertz CT molecular complexity index is 983. The van der Waals surface area contributed by atoms with Gasteiger partial charge in [0.05, 0.1) is 5.69 Å². The smallest absolute Gasteiger partial charge is 0.344 e. The Morgan fingerprint density at radius 3 is 2.75 bits per heavy atom. The van der Waals surface area contributed by atoms with Gasteiger partial charge in [0.2, 0.25) is 5.78 Å². The maximum atomic E-state index is 12.6. The van der Waals surface area contributed by atoms with Gasteiger partial charge >= 0.3 is 5.97 Å². The third-order valence-corrected chi connectivity index (χ3v) is 5.78. The summed E-state index contributed by atoms with van der Waals surface area (Å²) in [5, 5.41) is 5.91. The second-order valence-electron chi connectivity index (χ2n) is 6.68. The number of esters is 1. The van der Waals surface area contributed by atoms with Crippen LogP contribution in [0.25, 0.3) is 0 Å². The topological polar surface area (TPSA) is 74.3 Å². The van der Waals surface area contributed by atoms with Crippen LogP contribution in [0, 0.1) is 20.8 Å². The lowest BCUT2D eigenvalue weighted by atomic mass is 10.1. The van der Waals surface area contributed by atoms with Gasteiger partial charge in [-0.25, -0.2) is 4.79 Å². The largest absolute Gasteiger partial charge is 0.454 e. The van der Waals surface area contributed by atoms with Crippen molar-refractivity contribution in [1.82, 2.24) is 9.72 Å². The molecule has 0 saturated carbocycles. The molecule has 6 nitrogen and oxygen atoms in total. The molecule has 0 aliphatic rings. The standard InChI is InChI=1S/C21H24N2O4S/c1-5-18-20(15(4)27-22-18)21(25)26-12-19(24)17-11-13(2)23(14(17)3)9-8-16-7-6-10-28-16/h6-7,10-11H,5,8-9,12H2,1-4H3. The molecule has 0 bridgehead atoms. The molecule has 0 spiro atoms. The minimum Gasteiger partial charge on any atom is -0.454 e. The van der Waals surface area contributed by atoms with E-state index < -0.39 is 5.97 Å². The van der Waals surface area contributed by atoms with E-state index in [1.807, 2.05) is 32.9 Å². The normalized spacial score (nSPS) is 11.0. The zero-order valence-corrected chi connectivity index (χ0v) is 17.4. The van der Waals surface area contributed by atoms with Crippen LogP contribution in [0.5, 0.6) is 0 Å².